The van der Waals surface area contributed by atoms with Crippen LogP contribution >= 0.6 is 0 Å². The summed E-state index contributed by atoms with van der Waals surface area (Å²) in [6.07, 6.45) is 2.02. The monoisotopic (exact) mass is 290 g/mol. The summed E-state index contributed by atoms with van der Waals surface area (Å²) in [4.78, 5) is 2.52. The summed E-state index contributed by atoms with van der Waals surface area (Å²) in [7, 11) is 0. The van der Waals surface area contributed by atoms with Gasteiger partial charge in [-0.25, -0.2) is 0 Å². The fraction of sp³-hybridized carbons (Fsp3) is 0.647. The van der Waals surface area contributed by atoms with Gasteiger partial charge in [-0.1, -0.05) is 13.0 Å². The topological polar surface area (TPSA) is 47.7 Å². The number of hydrogen-bond donors (Lipinski definition) is 1. The van der Waals surface area contributed by atoms with Crippen molar-refractivity contribution in [3.63, 3.8) is 0 Å². The fourth-order valence-corrected chi connectivity index (χ4v) is 3.20. The molecule has 0 saturated carbocycles. The molecule has 3 rings (SSSR count). The summed E-state index contributed by atoms with van der Waals surface area (Å²) in [5, 5.41) is 0. The van der Waals surface area contributed by atoms with E-state index in [0.717, 1.165) is 50.6 Å². The quantitative estimate of drug-likeness (QED) is 0.909. The van der Waals surface area contributed by atoms with Gasteiger partial charge in [-0.05, 0) is 37.0 Å². The summed E-state index contributed by atoms with van der Waals surface area (Å²) in [6.45, 7) is 8.13. The van der Waals surface area contributed by atoms with Crippen molar-refractivity contribution in [3.8, 4) is 11.5 Å². The number of nitrogens with zero attached hydrogens (tertiary/aromatic N) is 1. The molecule has 0 aliphatic carbocycles. The zero-order valence-electron chi connectivity index (χ0n) is 13.0. The molecule has 4 heteroatoms. The first-order chi connectivity index (χ1) is 10.1. The summed E-state index contributed by atoms with van der Waals surface area (Å²) in [5.74, 6) is 2.32. The number of rotatable bonds is 2. The van der Waals surface area contributed by atoms with E-state index in [4.69, 9.17) is 15.2 Å². The van der Waals surface area contributed by atoms with Crippen molar-refractivity contribution < 1.29 is 9.47 Å². The molecule has 1 aromatic carbocycles. The van der Waals surface area contributed by atoms with E-state index in [-0.39, 0.29) is 0 Å². The van der Waals surface area contributed by atoms with E-state index in [1.807, 2.05) is 6.07 Å². The highest BCUT2D eigenvalue weighted by molar-refractivity contribution is 5.44. The van der Waals surface area contributed by atoms with Gasteiger partial charge in [0.15, 0.2) is 11.5 Å². The van der Waals surface area contributed by atoms with E-state index in [1.165, 1.54) is 5.56 Å². The Bertz CT molecular complexity index is 492. The largest absolute Gasteiger partial charge is 0.490 e. The van der Waals surface area contributed by atoms with Gasteiger partial charge in [0, 0.05) is 31.6 Å². The Hall–Kier alpha value is -1.26. The second kappa shape index (κ2) is 6.24. The number of likely N-dealkylation sites (tertiary alicyclic amines) is 1. The Labute approximate surface area is 127 Å². The zero-order chi connectivity index (χ0) is 14.8. The molecule has 4 nitrogen and oxygen atoms in total. The minimum Gasteiger partial charge on any atom is -0.490 e. The third-order valence-electron chi connectivity index (χ3n) is 4.80. The Balaban J connectivity index is 1.75. The van der Waals surface area contributed by atoms with Crippen LogP contribution in [0.4, 0.5) is 0 Å². The van der Waals surface area contributed by atoms with Crippen molar-refractivity contribution >= 4 is 0 Å². The first-order valence-corrected chi connectivity index (χ1v) is 8.04. The molecular formula is C17H26N2O2. The lowest BCUT2D eigenvalue weighted by atomic mass is 9.92. The fourth-order valence-electron chi connectivity index (χ4n) is 3.20. The normalized spacial score (nSPS) is 28.0. The SMILES string of the molecule is CC1CN(C(C)c2ccc3c(c2)OCCCO3)CCC1N. The second-order valence-electron chi connectivity index (χ2n) is 6.36. The second-order valence-corrected chi connectivity index (χ2v) is 6.36. The molecule has 0 radical (unpaired) electrons. The molecule has 0 bridgehead atoms. The van der Waals surface area contributed by atoms with Gasteiger partial charge in [0.1, 0.15) is 0 Å². The Morgan fingerprint density at radius 2 is 2.00 bits per heavy atom. The van der Waals surface area contributed by atoms with Gasteiger partial charge in [0.25, 0.3) is 0 Å². The molecule has 2 heterocycles. The molecular weight excluding hydrogens is 264 g/mol. The molecule has 2 aliphatic heterocycles. The Kier molecular flexibility index (Phi) is 4.36. The average Bonchev–Trinajstić information content (AvgIpc) is 2.73. The summed E-state index contributed by atoms with van der Waals surface area (Å²) in [6, 6.07) is 7.09. The maximum atomic E-state index is 6.12. The molecule has 3 atom stereocenters. The summed E-state index contributed by atoms with van der Waals surface area (Å²) >= 11 is 0. The molecule has 116 valence electrons. The van der Waals surface area contributed by atoms with Gasteiger partial charge >= 0.3 is 0 Å². The average molecular weight is 290 g/mol. The molecule has 2 N–H and O–H groups in total. The van der Waals surface area contributed by atoms with E-state index < -0.39 is 0 Å². The lowest BCUT2D eigenvalue weighted by molar-refractivity contribution is 0.124. The van der Waals surface area contributed by atoms with Crippen molar-refractivity contribution in [1.82, 2.24) is 4.90 Å². The third kappa shape index (κ3) is 3.16. The predicted octanol–water partition coefficient (Wildman–Crippen LogP) is 2.58. The van der Waals surface area contributed by atoms with Gasteiger partial charge in [-0.15, -0.1) is 0 Å². The predicted molar refractivity (Wildman–Crippen MR) is 83.8 cm³/mol. The first kappa shape index (κ1) is 14.7. The maximum absolute atomic E-state index is 6.12. The van der Waals surface area contributed by atoms with Gasteiger partial charge in [-0.3, -0.25) is 4.90 Å². The molecule has 2 aliphatic rings. The zero-order valence-corrected chi connectivity index (χ0v) is 13.0. The number of benzene rings is 1. The highest BCUT2D eigenvalue weighted by atomic mass is 16.5. The van der Waals surface area contributed by atoms with Crippen LogP contribution in [-0.4, -0.2) is 37.2 Å². The molecule has 0 amide bonds. The van der Waals surface area contributed by atoms with E-state index in [9.17, 15) is 0 Å². The molecule has 3 unspecified atom stereocenters. The van der Waals surface area contributed by atoms with Crippen molar-refractivity contribution in [1.29, 1.82) is 0 Å². The molecule has 21 heavy (non-hydrogen) atoms. The molecule has 0 spiro atoms. The highest BCUT2D eigenvalue weighted by Gasteiger charge is 2.27. The van der Waals surface area contributed by atoms with Gasteiger partial charge in [0.05, 0.1) is 13.2 Å². The van der Waals surface area contributed by atoms with E-state index in [1.54, 1.807) is 0 Å². The molecule has 1 fully saturated rings. The van der Waals surface area contributed by atoms with E-state index in [0.29, 0.717) is 18.0 Å². The Morgan fingerprint density at radius 1 is 1.24 bits per heavy atom. The van der Waals surface area contributed by atoms with Crippen molar-refractivity contribution in [3.05, 3.63) is 23.8 Å². The van der Waals surface area contributed by atoms with E-state index >= 15 is 0 Å². The molecule has 0 aromatic heterocycles. The van der Waals surface area contributed by atoms with Gasteiger partial charge in [0.2, 0.25) is 0 Å². The van der Waals surface area contributed by atoms with Crippen LogP contribution in [0.25, 0.3) is 0 Å². The van der Waals surface area contributed by atoms with Gasteiger partial charge < -0.3 is 15.2 Å². The first-order valence-electron chi connectivity index (χ1n) is 8.04. The van der Waals surface area contributed by atoms with Crippen LogP contribution in [0, 0.1) is 5.92 Å². The van der Waals surface area contributed by atoms with Crippen molar-refractivity contribution in [2.45, 2.75) is 38.8 Å². The standard InChI is InChI=1S/C17H26N2O2/c1-12-11-19(7-6-15(12)18)13(2)14-4-5-16-17(10-14)21-9-3-8-20-16/h4-5,10,12-13,15H,3,6-9,11,18H2,1-2H3. The highest BCUT2D eigenvalue weighted by Crippen LogP contribution is 2.34. The van der Waals surface area contributed by atoms with Crippen LogP contribution in [0.15, 0.2) is 18.2 Å². The van der Waals surface area contributed by atoms with Gasteiger partial charge in [-0.2, -0.15) is 0 Å². The number of ether oxygens (including phenoxy) is 2. The minimum absolute atomic E-state index is 0.345. The summed E-state index contributed by atoms with van der Waals surface area (Å²) in [5.41, 5.74) is 7.42. The smallest absolute Gasteiger partial charge is 0.161 e. The van der Waals surface area contributed by atoms with Crippen LogP contribution < -0.4 is 15.2 Å². The van der Waals surface area contributed by atoms with E-state index in [2.05, 4.69) is 30.9 Å². The molecule has 1 saturated heterocycles. The lowest BCUT2D eigenvalue weighted by Gasteiger charge is -2.39. The van der Waals surface area contributed by atoms with Crippen LogP contribution in [0.1, 0.15) is 38.3 Å². The third-order valence-corrected chi connectivity index (χ3v) is 4.80. The van der Waals surface area contributed by atoms with Crippen LogP contribution in [0.3, 0.4) is 0 Å². The minimum atomic E-state index is 0.345. The number of nitrogens with two attached hydrogens (primary N) is 1. The number of fused-ring (bicyclic) bond motifs is 1. The van der Waals surface area contributed by atoms with Crippen LogP contribution in [0.2, 0.25) is 0 Å². The summed E-state index contributed by atoms with van der Waals surface area (Å²) < 4.78 is 11.5. The number of hydrogen-bond acceptors (Lipinski definition) is 4. The Morgan fingerprint density at radius 3 is 2.76 bits per heavy atom. The van der Waals surface area contributed by atoms with Crippen LogP contribution in [-0.2, 0) is 0 Å². The molecule has 1 aromatic rings. The number of piperidine rings is 1. The van der Waals surface area contributed by atoms with Crippen molar-refractivity contribution in [2.75, 3.05) is 26.3 Å². The van der Waals surface area contributed by atoms with Crippen LogP contribution in [0.5, 0.6) is 11.5 Å². The lowest BCUT2D eigenvalue weighted by Crippen LogP contribution is -2.46. The van der Waals surface area contributed by atoms with Crippen molar-refractivity contribution in [2.24, 2.45) is 11.7 Å². The maximum Gasteiger partial charge on any atom is 0.161 e.